The zero-order valence-corrected chi connectivity index (χ0v) is 16.0. The van der Waals surface area contributed by atoms with E-state index in [1.165, 1.54) is 12.1 Å². The summed E-state index contributed by atoms with van der Waals surface area (Å²) in [4.78, 5) is 26.3. The molecule has 1 saturated heterocycles. The number of rotatable bonds is 7. The van der Waals surface area contributed by atoms with Crippen LogP contribution in [0.15, 0.2) is 48.5 Å². The fraction of sp³-hybridized carbons (Fsp3) is 0.364. The molecule has 148 valence electrons. The molecule has 0 saturated carbocycles. The number of nitrogens with one attached hydrogen (secondary N) is 1. The highest BCUT2D eigenvalue weighted by molar-refractivity contribution is 5.94. The minimum absolute atomic E-state index is 0.0616. The number of benzene rings is 2. The molecule has 5 nitrogen and oxygen atoms in total. The van der Waals surface area contributed by atoms with Gasteiger partial charge in [-0.05, 0) is 55.8 Å². The molecular weight excluding hydrogens is 359 g/mol. The number of hydrogen-bond donors (Lipinski definition) is 1. The molecule has 1 unspecified atom stereocenters. The predicted molar refractivity (Wildman–Crippen MR) is 104 cm³/mol. The maximum absolute atomic E-state index is 14.0. The summed E-state index contributed by atoms with van der Waals surface area (Å²) in [7, 11) is 2.00. The first-order valence-electron chi connectivity index (χ1n) is 9.51. The van der Waals surface area contributed by atoms with Crippen molar-refractivity contribution in [3.05, 3.63) is 71.0 Å². The zero-order chi connectivity index (χ0) is 19.9. The number of ether oxygens (including phenoxy) is 1. The lowest BCUT2D eigenvalue weighted by Crippen LogP contribution is -2.27. The first-order chi connectivity index (χ1) is 13.5. The van der Waals surface area contributed by atoms with Crippen LogP contribution in [0, 0.1) is 5.82 Å². The molecule has 1 heterocycles. The lowest BCUT2D eigenvalue weighted by Gasteiger charge is -2.20. The van der Waals surface area contributed by atoms with Crippen molar-refractivity contribution >= 4 is 11.9 Å². The van der Waals surface area contributed by atoms with Crippen LogP contribution < -0.4 is 5.32 Å². The van der Waals surface area contributed by atoms with E-state index in [9.17, 15) is 14.0 Å². The summed E-state index contributed by atoms with van der Waals surface area (Å²) < 4.78 is 19.2. The SMILES string of the molecule is CN1CCCC1c1cc(F)cc(C(=O)NCCC(=O)OCc2ccccc2)c1. The van der Waals surface area contributed by atoms with Crippen LogP contribution in [0.2, 0.25) is 0 Å². The Hall–Kier alpha value is -2.73. The predicted octanol–water partition coefficient (Wildman–Crippen LogP) is 3.46. The molecule has 0 aromatic heterocycles. The molecule has 3 rings (SSSR count). The normalized spacial score (nSPS) is 16.7. The lowest BCUT2D eigenvalue weighted by molar-refractivity contribution is -0.144. The molecule has 1 N–H and O–H groups in total. The summed E-state index contributed by atoms with van der Waals surface area (Å²) in [6.07, 6.45) is 2.07. The topological polar surface area (TPSA) is 58.6 Å². The maximum Gasteiger partial charge on any atom is 0.307 e. The molecular formula is C22H25FN2O3. The molecule has 0 aliphatic carbocycles. The summed E-state index contributed by atoms with van der Waals surface area (Å²) in [6, 6.07) is 14.0. The van der Waals surface area contributed by atoms with Crippen molar-refractivity contribution in [2.45, 2.75) is 31.9 Å². The molecule has 1 aliphatic rings. The number of halogens is 1. The highest BCUT2D eigenvalue weighted by Gasteiger charge is 2.24. The molecule has 28 heavy (non-hydrogen) atoms. The summed E-state index contributed by atoms with van der Waals surface area (Å²) in [5, 5.41) is 2.66. The van der Waals surface area contributed by atoms with Gasteiger partial charge in [-0.3, -0.25) is 14.5 Å². The second-order valence-electron chi connectivity index (χ2n) is 7.06. The van der Waals surface area contributed by atoms with Gasteiger partial charge in [-0.2, -0.15) is 0 Å². The molecule has 0 radical (unpaired) electrons. The number of carbonyl (C=O) groups is 2. The lowest BCUT2D eigenvalue weighted by atomic mass is 10.0. The van der Waals surface area contributed by atoms with Crippen molar-refractivity contribution < 1.29 is 18.7 Å². The Morgan fingerprint density at radius 3 is 2.71 bits per heavy atom. The first-order valence-corrected chi connectivity index (χ1v) is 9.51. The number of esters is 1. The van der Waals surface area contributed by atoms with Crippen molar-refractivity contribution in [3.63, 3.8) is 0 Å². The highest BCUT2D eigenvalue weighted by atomic mass is 19.1. The van der Waals surface area contributed by atoms with Crippen molar-refractivity contribution in [1.29, 1.82) is 0 Å². The number of nitrogens with zero attached hydrogens (tertiary/aromatic N) is 1. The quantitative estimate of drug-likeness (QED) is 0.743. The first kappa shape index (κ1) is 20.0. The molecule has 6 heteroatoms. The Bertz CT molecular complexity index is 826. The Morgan fingerprint density at radius 1 is 1.21 bits per heavy atom. The van der Waals surface area contributed by atoms with Gasteiger partial charge in [0.1, 0.15) is 12.4 Å². The summed E-state index contributed by atoms with van der Waals surface area (Å²) in [5.41, 5.74) is 1.99. The van der Waals surface area contributed by atoms with Crippen LogP contribution in [0.1, 0.15) is 46.8 Å². The fourth-order valence-corrected chi connectivity index (χ4v) is 3.46. The maximum atomic E-state index is 14.0. The van der Waals surface area contributed by atoms with Crippen LogP contribution in [0.5, 0.6) is 0 Å². The third kappa shape index (κ3) is 5.39. The van der Waals surface area contributed by atoms with Crippen LogP contribution in [-0.4, -0.2) is 36.9 Å². The Labute approximate surface area is 164 Å². The van der Waals surface area contributed by atoms with Gasteiger partial charge >= 0.3 is 5.97 Å². The Morgan fingerprint density at radius 2 is 2.00 bits per heavy atom. The van der Waals surface area contributed by atoms with E-state index in [-0.39, 0.29) is 31.2 Å². The molecule has 0 spiro atoms. The second-order valence-corrected chi connectivity index (χ2v) is 7.06. The van der Waals surface area contributed by atoms with Gasteiger partial charge < -0.3 is 10.1 Å². The van der Waals surface area contributed by atoms with Crippen molar-refractivity contribution in [1.82, 2.24) is 10.2 Å². The minimum Gasteiger partial charge on any atom is -0.461 e. The third-order valence-electron chi connectivity index (χ3n) is 4.94. The van der Waals surface area contributed by atoms with E-state index in [1.807, 2.05) is 37.4 Å². The van der Waals surface area contributed by atoms with Crippen molar-refractivity contribution in [3.8, 4) is 0 Å². The molecule has 2 aromatic carbocycles. The van der Waals surface area contributed by atoms with E-state index in [0.717, 1.165) is 30.5 Å². The molecule has 1 amide bonds. The fourth-order valence-electron chi connectivity index (χ4n) is 3.46. The van der Waals surface area contributed by atoms with E-state index < -0.39 is 17.7 Å². The van der Waals surface area contributed by atoms with Gasteiger partial charge in [0.25, 0.3) is 5.91 Å². The van der Waals surface area contributed by atoms with Crippen molar-refractivity contribution in [2.75, 3.05) is 20.1 Å². The molecule has 1 fully saturated rings. The van der Waals surface area contributed by atoms with Gasteiger partial charge in [-0.15, -0.1) is 0 Å². The van der Waals surface area contributed by atoms with Crippen molar-refractivity contribution in [2.24, 2.45) is 0 Å². The smallest absolute Gasteiger partial charge is 0.307 e. The van der Waals surface area contributed by atoms with Crippen LogP contribution >= 0.6 is 0 Å². The van der Waals surface area contributed by atoms with Gasteiger partial charge in [-0.1, -0.05) is 30.3 Å². The Balaban J connectivity index is 1.49. The molecule has 0 bridgehead atoms. The average Bonchev–Trinajstić information content (AvgIpc) is 3.12. The Kier molecular flexibility index (Phi) is 6.76. The molecule has 2 aromatic rings. The summed E-state index contributed by atoms with van der Waals surface area (Å²) >= 11 is 0. The minimum atomic E-state index is -0.426. The number of carbonyl (C=O) groups excluding carboxylic acids is 2. The van der Waals surface area contributed by atoms with Gasteiger partial charge in [0, 0.05) is 18.2 Å². The highest BCUT2D eigenvalue weighted by Crippen LogP contribution is 2.31. The van der Waals surface area contributed by atoms with Gasteiger partial charge in [0.05, 0.1) is 6.42 Å². The van der Waals surface area contributed by atoms with Gasteiger partial charge in [0.2, 0.25) is 0 Å². The van der Waals surface area contributed by atoms with E-state index in [0.29, 0.717) is 0 Å². The zero-order valence-electron chi connectivity index (χ0n) is 16.0. The number of amides is 1. The average molecular weight is 384 g/mol. The van der Waals surface area contributed by atoms with Gasteiger partial charge in [-0.25, -0.2) is 4.39 Å². The summed E-state index contributed by atoms with van der Waals surface area (Å²) in [6.45, 7) is 1.31. The van der Waals surface area contributed by atoms with Crippen LogP contribution in [-0.2, 0) is 16.1 Å². The second kappa shape index (κ2) is 9.46. The largest absolute Gasteiger partial charge is 0.461 e. The van der Waals surface area contributed by atoms with Crippen LogP contribution in [0.4, 0.5) is 4.39 Å². The molecule has 1 atom stereocenters. The van der Waals surface area contributed by atoms with Gasteiger partial charge in [0.15, 0.2) is 0 Å². The summed E-state index contributed by atoms with van der Waals surface area (Å²) in [5.74, 6) is -1.21. The van der Waals surface area contributed by atoms with Crippen LogP contribution in [0.25, 0.3) is 0 Å². The third-order valence-corrected chi connectivity index (χ3v) is 4.94. The number of likely N-dealkylation sites (tertiary alicyclic amines) is 1. The van der Waals surface area contributed by atoms with E-state index >= 15 is 0 Å². The number of hydrogen-bond acceptors (Lipinski definition) is 4. The monoisotopic (exact) mass is 384 g/mol. The van der Waals surface area contributed by atoms with E-state index in [2.05, 4.69) is 10.2 Å². The standard InChI is InChI=1S/C22H25FN2O3/c1-25-11-5-8-20(25)17-12-18(14-19(23)13-17)22(27)24-10-9-21(26)28-15-16-6-3-2-4-7-16/h2-4,6-7,12-14,20H,5,8-11,15H2,1H3,(H,24,27). The van der Waals surface area contributed by atoms with E-state index in [1.54, 1.807) is 6.07 Å². The van der Waals surface area contributed by atoms with Crippen LogP contribution in [0.3, 0.4) is 0 Å². The van der Waals surface area contributed by atoms with E-state index in [4.69, 9.17) is 4.74 Å². The molecule has 1 aliphatic heterocycles.